The molecule has 47 heavy (non-hydrogen) atoms. The van der Waals surface area contributed by atoms with Crippen LogP contribution in [0.5, 0.6) is 0 Å². The Morgan fingerprint density at radius 2 is 0.915 bits per heavy atom. The van der Waals surface area contributed by atoms with Crippen molar-refractivity contribution in [2.45, 2.75) is 20.8 Å². The number of benzene rings is 8. The Balaban J connectivity index is 0.000000447. The quantitative estimate of drug-likeness (QED) is 0.140. The largest absolute Gasteiger partial charge is 0.253 e. The molecule has 0 heterocycles. The van der Waals surface area contributed by atoms with Crippen LogP contribution in [-0.4, -0.2) is 5.71 Å². The molecule has 0 bridgehead atoms. The van der Waals surface area contributed by atoms with E-state index in [9.17, 15) is 0 Å². The lowest BCUT2D eigenvalue weighted by Crippen LogP contribution is -1.95. The molecule has 0 aliphatic heterocycles. The maximum atomic E-state index is 4.91. The van der Waals surface area contributed by atoms with Gasteiger partial charge in [-0.1, -0.05) is 163 Å². The van der Waals surface area contributed by atoms with Crippen molar-refractivity contribution in [3.63, 3.8) is 0 Å². The molecule has 0 fully saturated rings. The molecule has 0 saturated heterocycles. The zero-order chi connectivity index (χ0) is 32.2. The molecule has 1 nitrogen and oxygen atoms in total. The fourth-order valence-electron chi connectivity index (χ4n) is 6.44. The van der Waals surface area contributed by atoms with Crippen molar-refractivity contribution in [1.29, 1.82) is 0 Å². The van der Waals surface area contributed by atoms with Crippen LogP contribution in [0.4, 0.5) is 5.69 Å². The molecule has 0 aromatic heterocycles. The minimum Gasteiger partial charge on any atom is -0.253 e. The Morgan fingerprint density at radius 1 is 0.426 bits per heavy atom. The van der Waals surface area contributed by atoms with Gasteiger partial charge in [0.05, 0.1) is 5.69 Å². The minimum absolute atomic E-state index is 1.02. The van der Waals surface area contributed by atoms with Crippen LogP contribution in [0.1, 0.15) is 23.6 Å². The van der Waals surface area contributed by atoms with Gasteiger partial charge in [-0.3, -0.25) is 4.99 Å². The molecule has 226 valence electrons. The molecule has 0 atom stereocenters. The fraction of sp³-hybridized carbons (Fsp3) is 0.0652. The number of hydrogen-bond acceptors (Lipinski definition) is 1. The molecule has 0 aliphatic rings. The first-order chi connectivity index (χ1) is 23.1. The van der Waals surface area contributed by atoms with Gasteiger partial charge < -0.3 is 0 Å². The van der Waals surface area contributed by atoms with Crippen LogP contribution >= 0.6 is 0 Å². The first-order valence-corrected chi connectivity index (χ1v) is 16.2. The van der Waals surface area contributed by atoms with Crippen molar-refractivity contribution in [3.8, 4) is 22.3 Å². The van der Waals surface area contributed by atoms with Gasteiger partial charge in [-0.05, 0) is 98.6 Å². The standard InChI is InChI=1S/C39H29N.C7H8/c1-26-11-3-10-18-37(26)40-27(2)28-19-22-30(23-20-28)38-33-14-6-8-16-35(33)39(36-17-9-7-15-34(36)38)32-24-21-29-12-4-5-13-31(29)25-32;1-7-5-3-2-4-6-7/h3-25H,1-2H3;2-6H,1H3. The summed E-state index contributed by atoms with van der Waals surface area (Å²) in [5.41, 5.74) is 10.7. The first kappa shape index (κ1) is 29.9. The number of rotatable bonds is 4. The topological polar surface area (TPSA) is 12.4 Å². The highest BCUT2D eigenvalue weighted by atomic mass is 14.7. The summed E-state index contributed by atoms with van der Waals surface area (Å²) >= 11 is 0. The van der Waals surface area contributed by atoms with Crippen LogP contribution in [-0.2, 0) is 0 Å². The van der Waals surface area contributed by atoms with Crippen molar-refractivity contribution in [3.05, 3.63) is 187 Å². The number of aryl methyl sites for hydroxylation is 2. The van der Waals surface area contributed by atoms with E-state index in [1.165, 1.54) is 65.7 Å². The van der Waals surface area contributed by atoms with Gasteiger partial charge in [0.2, 0.25) is 0 Å². The lowest BCUT2D eigenvalue weighted by molar-refractivity contribution is 1.38. The van der Waals surface area contributed by atoms with Crippen LogP contribution in [0.15, 0.2) is 175 Å². The van der Waals surface area contributed by atoms with E-state index in [2.05, 4.69) is 166 Å². The number of para-hydroxylation sites is 1. The first-order valence-electron chi connectivity index (χ1n) is 16.2. The molecule has 8 rings (SSSR count). The third-order valence-electron chi connectivity index (χ3n) is 8.91. The van der Waals surface area contributed by atoms with Gasteiger partial charge in [-0.2, -0.15) is 0 Å². The van der Waals surface area contributed by atoms with Gasteiger partial charge in [0, 0.05) is 5.71 Å². The van der Waals surface area contributed by atoms with E-state index >= 15 is 0 Å². The molecular weight excluding hydrogens is 567 g/mol. The van der Waals surface area contributed by atoms with Gasteiger partial charge in [-0.25, -0.2) is 0 Å². The number of hydrogen-bond donors (Lipinski definition) is 0. The SMILES string of the molecule is CC(=Nc1ccccc1C)c1ccc(-c2c3ccccc3c(-c3ccc4ccccc4c3)c3ccccc23)cc1.Cc1ccccc1. The highest BCUT2D eigenvalue weighted by Gasteiger charge is 2.16. The van der Waals surface area contributed by atoms with E-state index in [-0.39, 0.29) is 0 Å². The van der Waals surface area contributed by atoms with Crippen molar-refractivity contribution < 1.29 is 0 Å². The molecule has 1 heteroatoms. The summed E-state index contributed by atoms with van der Waals surface area (Å²) in [7, 11) is 0. The van der Waals surface area contributed by atoms with E-state index in [1.54, 1.807) is 0 Å². The number of fused-ring (bicyclic) bond motifs is 3. The van der Waals surface area contributed by atoms with Crippen LogP contribution in [0.3, 0.4) is 0 Å². The highest BCUT2D eigenvalue weighted by molar-refractivity contribution is 6.21. The van der Waals surface area contributed by atoms with E-state index in [0.29, 0.717) is 0 Å². The average molecular weight is 604 g/mol. The van der Waals surface area contributed by atoms with E-state index < -0.39 is 0 Å². The third kappa shape index (κ3) is 6.21. The summed E-state index contributed by atoms with van der Waals surface area (Å²) in [5.74, 6) is 0. The Kier molecular flexibility index (Phi) is 8.45. The van der Waals surface area contributed by atoms with Gasteiger partial charge in [-0.15, -0.1) is 0 Å². The number of nitrogens with zero attached hydrogens (tertiary/aromatic N) is 1. The molecular formula is C46H37N. The second-order valence-electron chi connectivity index (χ2n) is 12.1. The van der Waals surface area contributed by atoms with Crippen molar-refractivity contribution in [1.82, 2.24) is 0 Å². The second-order valence-corrected chi connectivity index (χ2v) is 12.1. The van der Waals surface area contributed by atoms with Crippen LogP contribution in [0.2, 0.25) is 0 Å². The van der Waals surface area contributed by atoms with Gasteiger partial charge in [0.15, 0.2) is 0 Å². The summed E-state index contributed by atoms with van der Waals surface area (Å²) in [4.78, 5) is 4.91. The van der Waals surface area contributed by atoms with Crippen molar-refractivity contribution >= 4 is 43.7 Å². The van der Waals surface area contributed by atoms with E-state index in [0.717, 1.165) is 17.0 Å². The predicted octanol–water partition coefficient (Wildman–Crippen LogP) is 12.9. The Labute approximate surface area is 277 Å². The molecule has 0 spiro atoms. The van der Waals surface area contributed by atoms with Crippen LogP contribution in [0.25, 0.3) is 54.6 Å². The van der Waals surface area contributed by atoms with Gasteiger partial charge in [0.25, 0.3) is 0 Å². The minimum atomic E-state index is 1.02. The second kappa shape index (κ2) is 13.3. The zero-order valence-electron chi connectivity index (χ0n) is 27.1. The lowest BCUT2D eigenvalue weighted by atomic mass is 9.85. The summed E-state index contributed by atoms with van der Waals surface area (Å²) in [5, 5.41) is 7.60. The van der Waals surface area contributed by atoms with Gasteiger partial charge in [0.1, 0.15) is 0 Å². The average Bonchev–Trinajstić information content (AvgIpc) is 3.12. The molecule has 0 saturated carbocycles. The van der Waals surface area contributed by atoms with Crippen molar-refractivity contribution in [2.24, 2.45) is 4.99 Å². The molecule has 8 aromatic rings. The zero-order valence-corrected chi connectivity index (χ0v) is 27.1. The lowest BCUT2D eigenvalue weighted by Gasteiger charge is -2.18. The Morgan fingerprint density at radius 3 is 1.49 bits per heavy atom. The molecule has 8 aromatic carbocycles. The van der Waals surface area contributed by atoms with Crippen LogP contribution in [0, 0.1) is 13.8 Å². The Bertz CT molecular complexity index is 2310. The maximum Gasteiger partial charge on any atom is 0.0662 e. The molecule has 0 amide bonds. The predicted molar refractivity (Wildman–Crippen MR) is 204 cm³/mol. The summed E-state index contributed by atoms with van der Waals surface area (Å²) < 4.78 is 0. The summed E-state index contributed by atoms with van der Waals surface area (Å²) in [6, 6.07) is 60.5. The molecule has 0 radical (unpaired) electrons. The Hall–Kier alpha value is -5.79. The molecule has 0 aliphatic carbocycles. The number of aliphatic imine (C=N–C) groups is 1. The maximum absolute atomic E-state index is 4.91. The van der Waals surface area contributed by atoms with Crippen LogP contribution < -0.4 is 0 Å². The highest BCUT2D eigenvalue weighted by Crippen LogP contribution is 2.44. The van der Waals surface area contributed by atoms with Gasteiger partial charge >= 0.3 is 0 Å². The molecule has 0 unspecified atom stereocenters. The normalized spacial score (nSPS) is 11.4. The fourth-order valence-corrected chi connectivity index (χ4v) is 6.44. The van der Waals surface area contributed by atoms with E-state index in [1.807, 2.05) is 24.3 Å². The van der Waals surface area contributed by atoms with Crippen molar-refractivity contribution in [2.75, 3.05) is 0 Å². The van der Waals surface area contributed by atoms with E-state index in [4.69, 9.17) is 4.99 Å². The summed E-state index contributed by atoms with van der Waals surface area (Å²) in [6.07, 6.45) is 0. The molecule has 0 N–H and O–H groups in total. The smallest absolute Gasteiger partial charge is 0.0662 e. The third-order valence-corrected chi connectivity index (χ3v) is 8.91. The summed E-state index contributed by atoms with van der Waals surface area (Å²) in [6.45, 7) is 6.28. The monoisotopic (exact) mass is 603 g/mol.